The van der Waals surface area contributed by atoms with Gasteiger partial charge in [0, 0.05) is 24.3 Å². The van der Waals surface area contributed by atoms with Crippen molar-refractivity contribution >= 4 is 12.1 Å². The van der Waals surface area contributed by atoms with Crippen molar-refractivity contribution in [2.24, 2.45) is 10.9 Å². The highest BCUT2D eigenvalue weighted by atomic mass is 16.6. The van der Waals surface area contributed by atoms with Crippen LogP contribution in [0.25, 0.3) is 0 Å². The standard InChI is InChI=1S/C16H19N4O3/c1-2-23-18-11-15-5-3-4-8-20(15)13-22-12-19-9-6-14(7-10-19)16(17)21/h3-11H,2,12-13H2,1H3,(H-,17,21)/q+1/p+1. The molecule has 0 spiro atoms. The number of nitrogens with two attached hydrogens (primary N) is 1. The molecule has 2 N–H and O–H groups in total. The zero-order chi connectivity index (χ0) is 16.5. The van der Waals surface area contributed by atoms with E-state index in [4.69, 9.17) is 15.3 Å². The van der Waals surface area contributed by atoms with Crippen molar-refractivity contribution in [3.63, 3.8) is 0 Å². The number of primary amides is 1. The van der Waals surface area contributed by atoms with Gasteiger partial charge in [-0.1, -0.05) is 5.16 Å². The number of nitrogens with zero attached hydrogens (tertiary/aromatic N) is 3. The monoisotopic (exact) mass is 316 g/mol. The molecule has 23 heavy (non-hydrogen) atoms. The summed E-state index contributed by atoms with van der Waals surface area (Å²) in [6, 6.07) is 9.06. The number of hydrogen-bond donors (Lipinski definition) is 1. The Labute approximate surface area is 134 Å². The molecule has 0 unspecified atom stereocenters. The minimum Gasteiger partial charge on any atom is -0.396 e. The number of hydrogen-bond acceptors (Lipinski definition) is 4. The molecule has 0 saturated heterocycles. The first kappa shape index (κ1) is 16.6. The Bertz CT molecular complexity index is 671. The molecule has 7 nitrogen and oxygen atoms in total. The molecule has 0 fully saturated rings. The van der Waals surface area contributed by atoms with E-state index in [0.29, 0.717) is 25.6 Å². The van der Waals surface area contributed by atoms with Gasteiger partial charge < -0.3 is 10.6 Å². The number of carbonyl (C=O) groups is 1. The minimum atomic E-state index is -0.448. The van der Waals surface area contributed by atoms with E-state index in [2.05, 4.69) is 5.16 Å². The average molecular weight is 316 g/mol. The Morgan fingerprint density at radius 1 is 1.22 bits per heavy atom. The smallest absolute Gasteiger partial charge is 0.258 e. The Morgan fingerprint density at radius 2 is 2.00 bits per heavy atom. The maximum atomic E-state index is 11.0. The van der Waals surface area contributed by atoms with E-state index in [0.717, 1.165) is 5.69 Å². The highest BCUT2D eigenvalue weighted by Crippen LogP contribution is 1.93. The molecule has 0 aliphatic rings. The third-order valence-corrected chi connectivity index (χ3v) is 3.01. The predicted octanol–water partition coefficient (Wildman–Crippen LogP) is 0.363. The van der Waals surface area contributed by atoms with E-state index >= 15 is 0 Å². The molecule has 2 aromatic rings. The first-order valence-electron chi connectivity index (χ1n) is 7.21. The largest absolute Gasteiger partial charge is 0.396 e. The molecule has 0 radical (unpaired) electrons. The quantitative estimate of drug-likeness (QED) is 0.434. The van der Waals surface area contributed by atoms with Crippen LogP contribution in [0.3, 0.4) is 0 Å². The van der Waals surface area contributed by atoms with E-state index < -0.39 is 5.91 Å². The van der Waals surface area contributed by atoms with E-state index in [1.54, 1.807) is 30.7 Å². The number of pyridine rings is 2. The van der Waals surface area contributed by atoms with Crippen LogP contribution in [0.4, 0.5) is 0 Å². The fourth-order valence-corrected chi connectivity index (χ4v) is 1.84. The molecule has 2 heterocycles. The van der Waals surface area contributed by atoms with Crippen LogP contribution < -0.4 is 14.9 Å². The van der Waals surface area contributed by atoms with Gasteiger partial charge in [0.2, 0.25) is 11.6 Å². The Hall–Kier alpha value is -2.80. The highest BCUT2D eigenvalue weighted by Gasteiger charge is 2.09. The summed E-state index contributed by atoms with van der Waals surface area (Å²) >= 11 is 0. The molecule has 0 aliphatic heterocycles. The summed E-state index contributed by atoms with van der Waals surface area (Å²) in [6.07, 6.45) is 7.02. The van der Waals surface area contributed by atoms with Gasteiger partial charge in [0.25, 0.3) is 13.5 Å². The van der Waals surface area contributed by atoms with Gasteiger partial charge in [-0.2, -0.15) is 9.13 Å². The first-order valence-corrected chi connectivity index (χ1v) is 7.21. The fraction of sp³-hybridized carbons (Fsp3) is 0.250. The van der Waals surface area contributed by atoms with Crippen molar-refractivity contribution in [3.8, 4) is 0 Å². The van der Waals surface area contributed by atoms with E-state index in [1.165, 1.54) is 0 Å². The molecule has 2 rings (SSSR count). The zero-order valence-electron chi connectivity index (χ0n) is 13.0. The van der Waals surface area contributed by atoms with E-state index in [-0.39, 0.29) is 0 Å². The Balaban J connectivity index is 1.92. The van der Waals surface area contributed by atoms with Crippen molar-refractivity contribution in [1.29, 1.82) is 0 Å². The normalized spacial score (nSPS) is 10.8. The van der Waals surface area contributed by atoms with Gasteiger partial charge in [0.05, 0.1) is 5.56 Å². The molecule has 7 heteroatoms. The summed E-state index contributed by atoms with van der Waals surface area (Å²) in [5.41, 5.74) is 6.54. The molecule has 1 amide bonds. The average Bonchev–Trinajstić information content (AvgIpc) is 2.57. The summed E-state index contributed by atoms with van der Waals surface area (Å²) in [5, 5.41) is 3.86. The summed E-state index contributed by atoms with van der Waals surface area (Å²) in [6.45, 7) is 3.11. The number of carbonyl (C=O) groups excluding carboxylic acids is 1. The van der Waals surface area contributed by atoms with Crippen molar-refractivity contribution in [3.05, 3.63) is 60.2 Å². The summed E-state index contributed by atoms with van der Waals surface area (Å²) in [5.74, 6) is -0.448. The lowest BCUT2D eigenvalue weighted by atomic mass is 10.2. The van der Waals surface area contributed by atoms with Gasteiger partial charge in [0.1, 0.15) is 12.8 Å². The summed E-state index contributed by atoms with van der Waals surface area (Å²) in [4.78, 5) is 16.0. The lowest BCUT2D eigenvalue weighted by molar-refractivity contribution is -0.788. The molecule has 0 aliphatic carbocycles. The van der Waals surface area contributed by atoms with Crippen LogP contribution in [-0.2, 0) is 23.0 Å². The second-order valence-corrected chi connectivity index (χ2v) is 4.68. The molecule has 0 bridgehead atoms. The van der Waals surface area contributed by atoms with Gasteiger partial charge in [-0.25, -0.2) is 0 Å². The van der Waals surface area contributed by atoms with Crippen molar-refractivity contribution in [2.75, 3.05) is 6.61 Å². The van der Waals surface area contributed by atoms with Crippen LogP contribution in [-0.4, -0.2) is 18.7 Å². The molecule has 0 saturated carbocycles. The third kappa shape index (κ3) is 5.15. The van der Waals surface area contributed by atoms with Crippen molar-refractivity contribution in [2.45, 2.75) is 20.4 Å². The number of oxime groups is 1. The SMILES string of the molecule is CCON=Cc1cccc[n+]1COC[n+]1ccc(C(N)=O)cc1. The van der Waals surface area contributed by atoms with Gasteiger partial charge >= 0.3 is 0 Å². The maximum absolute atomic E-state index is 11.0. The first-order chi connectivity index (χ1) is 11.2. The minimum absolute atomic E-state index is 0.350. The lowest BCUT2D eigenvalue weighted by Crippen LogP contribution is -2.42. The molecule has 0 aromatic carbocycles. The number of ether oxygens (including phenoxy) is 1. The van der Waals surface area contributed by atoms with Crippen LogP contribution in [0, 0.1) is 0 Å². The van der Waals surface area contributed by atoms with Gasteiger partial charge in [-0.15, -0.1) is 0 Å². The lowest BCUT2D eigenvalue weighted by Gasteiger charge is -2.01. The molecular weight excluding hydrogens is 296 g/mol. The second kappa shape index (κ2) is 8.60. The van der Waals surface area contributed by atoms with E-state index in [1.807, 2.05) is 40.5 Å². The van der Waals surface area contributed by atoms with E-state index in [9.17, 15) is 4.79 Å². The van der Waals surface area contributed by atoms with Gasteiger partial charge in [-0.3, -0.25) is 9.53 Å². The Kier molecular flexibility index (Phi) is 6.19. The zero-order valence-corrected chi connectivity index (χ0v) is 13.0. The van der Waals surface area contributed by atoms with Crippen molar-refractivity contribution < 1.29 is 23.5 Å². The number of rotatable bonds is 8. The van der Waals surface area contributed by atoms with Gasteiger partial charge in [-0.05, 0) is 13.0 Å². The van der Waals surface area contributed by atoms with Crippen LogP contribution in [0.1, 0.15) is 23.0 Å². The number of amides is 1. The van der Waals surface area contributed by atoms with Gasteiger partial charge in [0.15, 0.2) is 18.6 Å². The summed E-state index contributed by atoms with van der Waals surface area (Å²) in [7, 11) is 0. The van der Waals surface area contributed by atoms with Crippen LogP contribution in [0.2, 0.25) is 0 Å². The van der Waals surface area contributed by atoms with Crippen LogP contribution in [0.15, 0.2) is 54.1 Å². The number of aromatic nitrogens is 2. The predicted molar refractivity (Wildman–Crippen MR) is 82.1 cm³/mol. The molecular formula is C16H20N4O3+2. The Morgan fingerprint density at radius 3 is 2.70 bits per heavy atom. The summed E-state index contributed by atoms with van der Waals surface area (Å²) < 4.78 is 9.37. The van der Waals surface area contributed by atoms with Crippen LogP contribution in [0.5, 0.6) is 0 Å². The maximum Gasteiger partial charge on any atom is 0.258 e. The van der Waals surface area contributed by atoms with Crippen LogP contribution >= 0.6 is 0 Å². The topological polar surface area (TPSA) is 81.7 Å². The second-order valence-electron chi connectivity index (χ2n) is 4.68. The van der Waals surface area contributed by atoms with Crippen molar-refractivity contribution in [1.82, 2.24) is 0 Å². The molecule has 2 aromatic heterocycles. The molecule has 0 atom stereocenters. The third-order valence-electron chi connectivity index (χ3n) is 3.01. The fourth-order valence-electron chi connectivity index (χ4n) is 1.84. The molecule has 120 valence electrons. The highest BCUT2D eigenvalue weighted by molar-refractivity contribution is 5.92.